The molecule has 0 saturated carbocycles. The van der Waals surface area contributed by atoms with E-state index in [9.17, 15) is 5.11 Å². The highest BCUT2D eigenvalue weighted by atomic mass is 16.3. The van der Waals surface area contributed by atoms with Crippen LogP contribution in [-0.2, 0) is 0 Å². The van der Waals surface area contributed by atoms with Gasteiger partial charge in [-0.05, 0) is 0 Å². The van der Waals surface area contributed by atoms with E-state index in [1.807, 2.05) is 0 Å². The molecule has 11 heavy (non-hydrogen) atoms. The smallest absolute Gasteiger partial charge is 0.184 e. The van der Waals surface area contributed by atoms with E-state index < -0.39 is 12.6 Å². The third-order valence-corrected chi connectivity index (χ3v) is 1.53. The molecule has 0 spiro atoms. The summed E-state index contributed by atoms with van der Waals surface area (Å²) in [6, 6.07) is 0. The molecule has 2 atom stereocenters. The predicted octanol–water partition coefficient (Wildman–Crippen LogP) is -1.31. The summed E-state index contributed by atoms with van der Waals surface area (Å²) in [5.41, 5.74) is 0.537. The van der Waals surface area contributed by atoms with Crippen LogP contribution < -0.4 is 10.6 Å². The number of fused-ring (bicyclic) bond motifs is 1. The fourth-order valence-corrected chi connectivity index (χ4v) is 1.03. The van der Waals surface area contributed by atoms with E-state index in [-0.39, 0.29) is 0 Å². The number of aliphatic hydroxyl groups excluding tert-OH is 2. The van der Waals surface area contributed by atoms with Crippen LogP contribution in [0.2, 0.25) is 0 Å². The van der Waals surface area contributed by atoms with Crippen LogP contribution in [0.3, 0.4) is 0 Å². The number of anilines is 1. The van der Waals surface area contributed by atoms with E-state index in [2.05, 4.69) is 20.6 Å². The summed E-state index contributed by atoms with van der Waals surface area (Å²) < 4.78 is 0. The van der Waals surface area contributed by atoms with Crippen LogP contribution in [0, 0.1) is 0 Å². The highest BCUT2D eigenvalue weighted by Gasteiger charge is 2.23. The van der Waals surface area contributed by atoms with Gasteiger partial charge in [0.2, 0.25) is 0 Å². The van der Waals surface area contributed by atoms with Gasteiger partial charge in [0.05, 0.1) is 6.33 Å². The lowest BCUT2D eigenvalue weighted by molar-refractivity contribution is 0.0462. The van der Waals surface area contributed by atoms with E-state index in [0.29, 0.717) is 11.5 Å². The highest BCUT2D eigenvalue weighted by molar-refractivity contribution is 5.43. The minimum atomic E-state index is -0.944. The van der Waals surface area contributed by atoms with Crippen molar-refractivity contribution < 1.29 is 10.2 Å². The average molecular weight is 156 g/mol. The Morgan fingerprint density at radius 1 is 1.45 bits per heavy atom. The van der Waals surface area contributed by atoms with E-state index in [0.717, 1.165) is 0 Å². The molecule has 1 aliphatic heterocycles. The number of H-pyrrole nitrogens is 1. The molecular weight excluding hydrogens is 148 g/mol. The minimum Gasteiger partial charge on any atom is -0.372 e. The quantitative estimate of drug-likeness (QED) is 0.321. The van der Waals surface area contributed by atoms with Crippen molar-refractivity contribution in [1.29, 1.82) is 0 Å². The number of aliphatic hydroxyl groups is 2. The van der Waals surface area contributed by atoms with Gasteiger partial charge < -0.3 is 20.5 Å². The van der Waals surface area contributed by atoms with Crippen molar-refractivity contribution in [3.8, 4) is 0 Å². The molecule has 5 N–H and O–H groups in total. The van der Waals surface area contributed by atoms with Crippen molar-refractivity contribution in [2.75, 3.05) is 5.32 Å². The van der Waals surface area contributed by atoms with Gasteiger partial charge in [0.1, 0.15) is 5.69 Å². The summed E-state index contributed by atoms with van der Waals surface area (Å²) in [5, 5.41) is 23.3. The number of imidazole rings is 1. The van der Waals surface area contributed by atoms with Gasteiger partial charge in [0, 0.05) is 0 Å². The Morgan fingerprint density at radius 2 is 2.27 bits per heavy atom. The average Bonchev–Trinajstić information content (AvgIpc) is 2.34. The Kier molecular flexibility index (Phi) is 1.31. The Balaban J connectivity index is 2.36. The van der Waals surface area contributed by atoms with Gasteiger partial charge >= 0.3 is 0 Å². The van der Waals surface area contributed by atoms with Gasteiger partial charge in [-0.15, -0.1) is 0 Å². The number of nitrogens with zero attached hydrogens (tertiary/aromatic N) is 1. The molecule has 0 amide bonds. The number of aromatic amines is 1. The Labute approximate surface area is 62.3 Å². The molecule has 6 heteroatoms. The summed E-state index contributed by atoms with van der Waals surface area (Å²) in [6.07, 6.45) is -0.384. The number of hydrogen-bond acceptors (Lipinski definition) is 5. The van der Waals surface area contributed by atoms with Crippen LogP contribution in [0.4, 0.5) is 5.82 Å². The normalized spacial score (nSPS) is 29.3. The molecule has 1 aliphatic rings. The zero-order valence-corrected chi connectivity index (χ0v) is 5.57. The van der Waals surface area contributed by atoms with Crippen molar-refractivity contribution in [2.45, 2.75) is 12.6 Å². The lowest BCUT2D eigenvalue weighted by Crippen LogP contribution is -2.43. The van der Waals surface area contributed by atoms with Gasteiger partial charge in [-0.2, -0.15) is 0 Å². The van der Waals surface area contributed by atoms with Gasteiger partial charge in [-0.25, -0.2) is 10.3 Å². The predicted molar refractivity (Wildman–Crippen MR) is 36.3 cm³/mol. The summed E-state index contributed by atoms with van der Waals surface area (Å²) in [7, 11) is 0. The molecular formula is C5H8N4O2. The molecule has 2 rings (SSSR count). The molecule has 60 valence electrons. The highest BCUT2D eigenvalue weighted by Crippen LogP contribution is 2.20. The second-order valence-electron chi connectivity index (χ2n) is 2.28. The third kappa shape index (κ3) is 0.967. The molecule has 1 aromatic heterocycles. The molecule has 1 aromatic rings. The minimum absolute atomic E-state index is 0.476. The second-order valence-corrected chi connectivity index (χ2v) is 2.28. The van der Waals surface area contributed by atoms with E-state index in [1.54, 1.807) is 0 Å². The van der Waals surface area contributed by atoms with Crippen LogP contribution >= 0.6 is 0 Å². The van der Waals surface area contributed by atoms with Crippen LogP contribution in [-0.4, -0.2) is 26.5 Å². The van der Waals surface area contributed by atoms with Crippen molar-refractivity contribution in [2.24, 2.45) is 0 Å². The van der Waals surface area contributed by atoms with Crippen molar-refractivity contribution in [3.05, 3.63) is 12.0 Å². The molecule has 0 radical (unpaired) electrons. The Bertz CT molecular complexity index is 261. The first-order valence-electron chi connectivity index (χ1n) is 3.19. The van der Waals surface area contributed by atoms with Gasteiger partial charge in [0.15, 0.2) is 18.4 Å². The zero-order chi connectivity index (χ0) is 7.84. The molecule has 0 fully saturated rings. The SMILES string of the molecule is OC1Nc2nc[nH]c2C(O)N1. The molecule has 0 saturated heterocycles. The topological polar surface area (TPSA) is 93.2 Å². The van der Waals surface area contributed by atoms with E-state index in [4.69, 9.17) is 5.11 Å². The Hall–Kier alpha value is -1.11. The maximum Gasteiger partial charge on any atom is 0.184 e. The van der Waals surface area contributed by atoms with Crippen LogP contribution in [0.25, 0.3) is 0 Å². The van der Waals surface area contributed by atoms with Crippen LogP contribution in [0.5, 0.6) is 0 Å². The van der Waals surface area contributed by atoms with Crippen molar-refractivity contribution >= 4 is 5.82 Å². The first-order valence-corrected chi connectivity index (χ1v) is 3.19. The molecule has 0 aliphatic carbocycles. The van der Waals surface area contributed by atoms with Crippen molar-refractivity contribution in [1.82, 2.24) is 15.3 Å². The van der Waals surface area contributed by atoms with E-state index >= 15 is 0 Å². The fraction of sp³-hybridized carbons (Fsp3) is 0.400. The zero-order valence-electron chi connectivity index (χ0n) is 5.57. The summed E-state index contributed by atoms with van der Waals surface area (Å²) in [5.74, 6) is 0.476. The van der Waals surface area contributed by atoms with Gasteiger partial charge in [-0.3, -0.25) is 0 Å². The first-order chi connectivity index (χ1) is 5.27. The lowest BCUT2D eigenvalue weighted by atomic mass is 10.3. The Morgan fingerprint density at radius 3 is 3.09 bits per heavy atom. The standard InChI is InChI=1S/C5H8N4O2/c10-4-2-3(7-1-6-2)8-5(11)9-4/h1,4-5,8-11H,(H,6,7). The monoisotopic (exact) mass is 156 g/mol. The molecule has 0 aromatic carbocycles. The molecule has 0 bridgehead atoms. The fourth-order valence-electron chi connectivity index (χ4n) is 1.03. The number of nitrogens with one attached hydrogen (secondary N) is 3. The largest absolute Gasteiger partial charge is 0.372 e. The lowest BCUT2D eigenvalue weighted by Gasteiger charge is -2.24. The molecule has 2 heterocycles. The summed E-state index contributed by atoms with van der Waals surface area (Å²) >= 11 is 0. The molecule has 6 nitrogen and oxygen atoms in total. The van der Waals surface area contributed by atoms with Crippen LogP contribution in [0.15, 0.2) is 6.33 Å². The number of rotatable bonds is 0. The summed E-state index contributed by atoms with van der Waals surface area (Å²) in [4.78, 5) is 6.56. The number of hydrogen-bond donors (Lipinski definition) is 5. The number of aromatic nitrogens is 2. The van der Waals surface area contributed by atoms with E-state index in [1.165, 1.54) is 6.33 Å². The second kappa shape index (κ2) is 2.19. The van der Waals surface area contributed by atoms with Crippen LogP contribution in [0.1, 0.15) is 11.9 Å². The third-order valence-electron chi connectivity index (χ3n) is 1.53. The van der Waals surface area contributed by atoms with Gasteiger partial charge in [-0.1, -0.05) is 0 Å². The molecule has 2 unspecified atom stereocenters. The maximum absolute atomic E-state index is 9.24. The maximum atomic E-state index is 9.24. The van der Waals surface area contributed by atoms with Crippen molar-refractivity contribution in [3.63, 3.8) is 0 Å². The van der Waals surface area contributed by atoms with Gasteiger partial charge in [0.25, 0.3) is 0 Å². The summed E-state index contributed by atoms with van der Waals surface area (Å²) in [6.45, 7) is 0. The first kappa shape index (κ1) is 6.59.